The molecule has 0 saturated heterocycles. The van der Waals surface area contributed by atoms with Crippen LogP contribution in [0.1, 0.15) is 19.8 Å². The third kappa shape index (κ3) is 3.95. The summed E-state index contributed by atoms with van der Waals surface area (Å²) in [5, 5.41) is 8.72. The molecule has 0 spiro atoms. The molecule has 0 heterocycles. The van der Waals surface area contributed by atoms with Crippen molar-refractivity contribution in [2.24, 2.45) is 0 Å². The second-order valence-electron chi connectivity index (χ2n) is 4.30. The van der Waals surface area contributed by atoms with Gasteiger partial charge in [-0.2, -0.15) is 4.31 Å². The number of carboxylic acids is 1. The lowest BCUT2D eigenvalue weighted by atomic mass is 10.4. The number of carbonyl (C=O) groups is 2. The number of amides is 1. The number of nitrogens with zero attached hydrogens (tertiary/aromatic N) is 2. The van der Waals surface area contributed by atoms with Gasteiger partial charge in [-0.15, -0.1) is 0 Å². The summed E-state index contributed by atoms with van der Waals surface area (Å²) in [6.45, 7) is 0.815. The Morgan fingerprint density at radius 3 is 2.22 bits per heavy atom. The van der Waals surface area contributed by atoms with Crippen molar-refractivity contribution < 1.29 is 23.1 Å². The molecular formula is C10H18N2O5S. The van der Waals surface area contributed by atoms with E-state index in [2.05, 4.69) is 0 Å². The van der Waals surface area contributed by atoms with Crippen molar-refractivity contribution in [1.29, 1.82) is 0 Å². The average Bonchev–Trinajstić information content (AvgIpc) is 3.09. The van der Waals surface area contributed by atoms with E-state index in [1.807, 2.05) is 0 Å². The summed E-state index contributed by atoms with van der Waals surface area (Å²) < 4.78 is 24.0. The van der Waals surface area contributed by atoms with E-state index < -0.39 is 21.9 Å². The molecule has 0 aliphatic heterocycles. The molecule has 7 nitrogen and oxygen atoms in total. The SMILES string of the molecule is CCS(=O)(=O)N(C)CC(=O)N(CC(=O)O)C1CC1. The van der Waals surface area contributed by atoms with Crippen LogP contribution < -0.4 is 0 Å². The fraction of sp³-hybridized carbons (Fsp3) is 0.800. The first kappa shape index (κ1) is 14.9. The highest BCUT2D eigenvalue weighted by Gasteiger charge is 2.34. The summed E-state index contributed by atoms with van der Waals surface area (Å²) in [6, 6.07) is -0.0497. The van der Waals surface area contributed by atoms with Crippen LogP contribution in [0.2, 0.25) is 0 Å². The zero-order chi connectivity index (χ0) is 13.9. The molecule has 0 aromatic heterocycles. The van der Waals surface area contributed by atoms with Crippen LogP contribution in [0.3, 0.4) is 0 Å². The van der Waals surface area contributed by atoms with Gasteiger partial charge in [0, 0.05) is 13.1 Å². The Kier molecular flexibility index (Phi) is 4.69. The molecule has 0 aromatic rings. The molecule has 0 atom stereocenters. The van der Waals surface area contributed by atoms with Crippen LogP contribution >= 0.6 is 0 Å². The summed E-state index contributed by atoms with van der Waals surface area (Å²) >= 11 is 0. The Hall–Kier alpha value is -1.15. The van der Waals surface area contributed by atoms with E-state index in [0.29, 0.717) is 0 Å². The molecule has 1 rings (SSSR count). The third-order valence-electron chi connectivity index (χ3n) is 2.81. The van der Waals surface area contributed by atoms with E-state index in [9.17, 15) is 18.0 Å². The van der Waals surface area contributed by atoms with Crippen molar-refractivity contribution >= 4 is 21.9 Å². The number of aliphatic carboxylic acids is 1. The normalized spacial score (nSPS) is 15.7. The smallest absolute Gasteiger partial charge is 0.323 e. The quantitative estimate of drug-likeness (QED) is 0.667. The van der Waals surface area contributed by atoms with E-state index in [-0.39, 0.29) is 24.9 Å². The lowest BCUT2D eigenvalue weighted by Crippen LogP contribution is -2.44. The van der Waals surface area contributed by atoms with E-state index in [0.717, 1.165) is 17.1 Å². The van der Waals surface area contributed by atoms with Crippen LogP contribution in [0.25, 0.3) is 0 Å². The molecule has 1 amide bonds. The summed E-state index contributed by atoms with van der Waals surface area (Å²) in [7, 11) is -2.10. The maximum Gasteiger partial charge on any atom is 0.323 e. The molecule has 1 saturated carbocycles. The molecule has 104 valence electrons. The number of rotatable bonds is 7. The molecule has 0 bridgehead atoms. The van der Waals surface area contributed by atoms with Gasteiger partial charge in [0.05, 0.1) is 12.3 Å². The number of sulfonamides is 1. The lowest BCUT2D eigenvalue weighted by molar-refractivity contribution is -0.144. The Labute approximate surface area is 106 Å². The maximum atomic E-state index is 11.9. The zero-order valence-corrected chi connectivity index (χ0v) is 11.3. The molecule has 8 heteroatoms. The molecule has 1 fully saturated rings. The highest BCUT2D eigenvalue weighted by Crippen LogP contribution is 2.26. The van der Waals surface area contributed by atoms with Crippen molar-refractivity contribution in [1.82, 2.24) is 9.21 Å². The summed E-state index contributed by atoms with van der Waals surface area (Å²) in [4.78, 5) is 23.8. The maximum absolute atomic E-state index is 11.9. The predicted molar refractivity (Wildman–Crippen MR) is 64.5 cm³/mol. The standard InChI is InChI=1S/C10H18N2O5S/c1-3-18(16,17)11(2)6-9(13)12(7-10(14)15)8-4-5-8/h8H,3-7H2,1-2H3,(H,14,15). The van der Waals surface area contributed by atoms with Crippen molar-refractivity contribution in [3.05, 3.63) is 0 Å². The van der Waals surface area contributed by atoms with Gasteiger partial charge in [0.15, 0.2) is 0 Å². The van der Waals surface area contributed by atoms with Crippen LogP contribution in [-0.4, -0.2) is 66.5 Å². The minimum atomic E-state index is -3.42. The van der Waals surface area contributed by atoms with E-state index >= 15 is 0 Å². The lowest BCUT2D eigenvalue weighted by Gasteiger charge is -2.23. The Bertz CT molecular complexity index is 430. The first-order valence-electron chi connectivity index (χ1n) is 5.73. The molecule has 1 aliphatic rings. The number of hydrogen-bond donors (Lipinski definition) is 1. The van der Waals surface area contributed by atoms with Gasteiger partial charge < -0.3 is 10.0 Å². The molecule has 18 heavy (non-hydrogen) atoms. The average molecular weight is 278 g/mol. The molecule has 0 aromatic carbocycles. The molecular weight excluding hydrogens is 260 g/mol. The van der Waals surface area contributed by atoms with Crippen LogP contribution in [-0.2, 0) is 19.6 Å². The van der Waals surface area contributed by atoms with Crippen LogP contribution in [0.4, 0.5) is 0 Å². The van der Waals surface area contributed by atoms with E-state index in [1.165, 1.54) is 18.9 Å². The van der Waals surface area contributed by atoms with E-state index in [4.69, 9.17) is 5.11 Å². The van der Waals surface area contributed by atoms with Crippen molar-refractivity contribution in [2.45, 2.75) is 25.8 Å². The van der Waals surface area contributed by atoms with Gasteiger partial charge in [0.25, 0.3) is 0 Å². The van der Waals surface area contributed by atoms with Gasteiger partial charge in [0.1, 0.15) is 6.54 Å². The zero-order valence-electron chi connectivity index (χ0n) is 10.5. The second kappa shape index (κ2) is 5.66. The van der Waals surface area contributed by atoms with Crippen molar-refractivity contribution in [2.75, 3.05) is 25.9 Å². The number of likely N-dealkylation sites (N-methyl/N-ethyl adjacent to an activating group) is 1. The van der Waals surface area contributed by atoms with Gasteiger partial charge in [-0.05, 0) is 19.8 Å². The first-order chi connectivity index (χ1) is 8.27. The monoisotopic (exact) mass is 278 g/mol. The third-order valence-corrected chi connectivity index (χ3v) is 4.62. The van der Waals surface area contributed by atoms with Crippen molar-refractivity contribution in [3.63, 3.8) is 0 Å². The van der Waals surface area contributed by atoms with Gasteiger partial charge in [0.2, 0.25) is 15.9 Å². The largest absolute Gasteiger partial charge is 0.480 e. The van der Waals surface area contributed by atoms with E-state index in [1.54, 1.807) is 0 Å². The summed E-state index contributed by atoms with van der Waals surface area (Å²) in [5.41, 5.74) is 0. The number of hydrogen-bond acceptors (Lipinski definition) is 4. The fourth-order valence-corrected chi connectivity index (χ4v) is 2.30. The Balaban J connectivity index is 2.64. The summed E-state index contributed by atoms with van der Waals surface area (Å²) in [5.74, 6) is -1.63. The molecule has 1 aliphatic carbocycles. The molecule has 0 radical (unpaired) electrons. The van der Waals surface area contributed by atoms with Gasteiger partial charge in [-0.25, -0.2) is 8.42 Å². The van der Waals surface area contributed by atoms with Crippen LogP contribution in [0, 0.1) is 0 Å². The highest BCUT2D eigenvalue weighted by atomic mass is 32.2. The molecule has 0 unspecified atom stereocenters. The minimum Gasteiger partial charge on any atom is -0.480 e. The Morgan fingerprint density at radius 2 is 1.83 bits per heavy atom. The van der Waals surface area contributed by atoms with Crippen LogP contribution in [0.15, 0.2) is 0 Å². The molecule has 1 N–H and O–H groups in total. The van der Waals surface area contributed by atoms with Crippen LogP contribution in [0.5, 0.6) is 0 Å². The van der Waals surface area contributed by atoms with Crippen molar-refractivity contribution in [3.8, 4) is 0 Å². The number of carboxylic acid groups (broad SMARTS) is 1. The predicted octanol–water partition coefficient (Wildman–Crippen LogP) is -0.656. The van der Waals surface area contributed by atoms with Gasteiger partial charge >= 0.3 is 5.97 Å². The summed E-state index contributed by atoms with van der Waals surface area (Å²) in [6.07, 6.45) is 1.56. The Morgan fingerprint density at radius 1 is 1.28 bits per heavy atom. The minimum absolute atomic E-state index is 0.0497. The van der Waals surface area contributed by atoms with Gasteiger partial charge in [-0.1, -0.05) is 0 Å². The highest BCUT2D eigenvalue weighted by molar-refractivity contribution is 7.89. The first-order valence-corrected chi connectivity index (χ1v) is 7.34. The topological polar surface area (TPSA) is 95.0 Å². The number of carbonyl (C=O) groups excluding carboxylic acids is 1. The second-order valence-corrected chi connectivity index (χ2v) is 6.67. The van der Waals surface area contributed by atoms with Gasteiger partial charge in [-0.3, -0.25) is 9.59 Å². The fourth-order valence-electron chi connectivity index (χ4n) is 1.55.